The van der Waals surface area contributed by atoms with Crippen molar-refractivity contribution in [3.63, 3.8) is 0 Å². The molecule has 1 atom stereocenters. The fourth-order valence-corrected chi connectivity index (χ4v) is 3.22. The number of nitrogens with one attached hydrogen (secondary N) is 3. The quantitative estimate of drug-likeness (QED) is 0.529. The van der Waals surface area contributed by atoms with Gasteiger partial charge in [-0.1, -0.05) is 24.3 Å². The average molecular weight is 384 g/mol. The molecule has 28 heavy (non-hydrogen) atoms. The number of carbonyl (C=O) groups excluding carboxylic acids is 1. The van der Waals surface area contributed by atoms with Crippen molar-refractivity contribution >= 4 is 17.6 Å². The Morgan fingerprint density at radius 3 is 2.86 bits per heavy atom. The minimum Gasteiger partial charge on any atom is -0.494 e. The van der Waals surface area contributed by atoms with Crippen molar-refractivity contribution < 1.29 is 13.9 Å². The molecule has 1 aliphatic rings. The second-order valence-corrected chi connectivity index (χ2v) is 6.58. The molecular weight excluding hydrogens is 359 g/mol. The molecule has 3 N–H and O–H groups in total. The molecule has 1 amide bonds. The number of ether oxygens (including phenoxy) is 1. The molecule has 2 aromatic rings. The lowest BCUT2D eigenvalue weighted by Gasteiger charge is -2.26. The maximum Gasteiger partial charge on any atom is 0.225 e. The number of amides is 1. The van der Waals surface area contributed by atoms with Crippen molar-refractivity contribution in [3.8, 4) is 5.75 Å². The summed E-state index contributed by atoms with van der Waals surface area (Å²) in [6.45, 7) is 3.59. The van der Waals surface area contributed by atoms with Gasteiger partial charge in [0.25, 0.3) is 0 Å². The molecule has 0 saturated carbocycles. The van der Waals surface area contributed by atoms with Gasteiger partial charge in [-0.25, -0.2) is 9.38 Å². The molecule has 1 heterocycles. The standard InChI is InChI=1S/C21H25FN4O2/c1-3-23-21(24-12-14-8-9-19(28-2)17(22)10-14)25-13-15-11-20(27)26-18-7-5-4-6-16(15)18/h4-10,15H,3,11-13H2,1-2H3,(H,26,27)(H2,23,24,25). The van der Waals surface area contributed by atoms with Gasteiger partial charge in [-0.05, 0) is 36.2 Å². The summed E-state index contributed by atoms with van der Waals surface area (Å²) in [6.07, 6.45) is 0.424. The average Bonchev–Trinajstić information content (AvgIpc) is 2.69. The van der Waals surface area contributed by atoms with Gasteiger partial charge in [0.05, 0.1) is 13.7 Å². The van der Waals surface area contributed by atoms with Crippen molar-refractivity contribution in [2.75, 3.05) is 25.5 Å². The molecule has 148 valence electrons. The van der Waals surface area contributed by atoms with Crippen LogP contribution >= 0.6 is 0 Å². The van der Waals surface area contributed by atoms with Gasteiger partial charge in [-0.3, -0.25) is 4.79 Å². The number of fused-ring (bicyclic) bond motifs is 1. The number of guanidine groups is 1. The molecule has 1 unspecified atom stereocenters. The molecule has 7 heteroatoms. The number of aliphatic imine (C=N–C) groups is 1. The first-order chi connectivity index (χ1) is 13.6. The monoisotopic (exact) mass is 384 g/mol. The molecule has 2 aromatic carbocycles. The van der Waals surface area contributed by atoms with Crippen LogP contribution in [-0.4, -0.2) is 32.1 Å². The van der Waals surface area contributed by atoms with E-state index in [1.807, 2.05) is 31.2 Å². The van der Waals surface area contributed by atoms with Gasteiger partial charge in [-0.15, -0.1) is 0 Å². The fourth-order valence-electron chi connectivity index (χ4n) is 3.22. The molecule has 0 fully saturated rings. The van der Waals surface area contributed by atoms with Crippen LogP contribution in [0.1, 0.15) is 30.4 Å². The number of anilines is 1. The second-order valence-electron chi connectivity index (χ2n) is 6.58. The van der Waals surface area contributed by atoms with E-state index in [0.29, 0.717) is 32.0 Å². The predicted molar refractivity (Wildman–Crippen MR) is 108 cm³/mol. The van der Waals surface area contributed by atoms with E-state index >= 15 is 0 Å². The molecule has 1 aliphatic heterocycles. The first kappa shape index (κ1) is 19.7. The summed E-state index contributed by atoms with van der Waals surface area (Å²) >= 11 is 0. The van der Waals surface area contributed by atoms with Gasteiger partial charge in [0.2, 0.25) is 5.91 Å². The van der Waals surface area contributed by atoms with Crippen LogP contribution in [0.2, 0.25) is 0 Å². The third-order valence-corrected chi connectivity index (χ3v) is 4.60. The van der Waals surface area contributed by atoms with Gasteiger partial charge in [0, 0.05) is 31.1 Å². The number of hydrogen-bond acceptors (Lipinski definition) is 3. The Morgan fingerprint density at radius 2 is 2.11 bits per heavy atom. The number of nitrogens with zero attached hydrogens (tertiary/aromatic N) is 1. The molecule has 0 radical (unpaired) electrons. The Kier molecular flexibility index (Phi) is 6.47. The van der Waals surface area contributed by atoms with Crippen LogP contribution in [0.5, 0.6) is 5.75 Å². The number of hydrogen-bond donors (Lipinski definition) is 3. The van der Waals surface area contributed by atoms with Gasteiger partial charge >= 0.3 is 0 Å². The zero-order valence-electron chi connectivity index (χ0n) is 16.1. The van der Waals surface area contributed by atoms with Crippen LogP contribution in [0.15, 0.2) is 47.5 Å². The Bertz CT molecular complexity index is 869. The van der Waals surface area contributed by atoms with Crippen molar-refractivity contribution in [2.45, 2.75) is 25.8 Å². The van der Waals surface area contributed by atoms with E-state index in [-0.39, 0.29) is 17.6 Å². The SMILES string of the molecule is CCNC(=NCc1ccc(OC)c(F)c1)NCC1CC(=O)Nc2ccccc21. The maximum absolute atomic E-state index is 13.8. The number of benzene rings is 2. The summed E-state index contributed by atoms with van der Waals surface area (Å²) < 4.78 is 18.8. The van der Waals surface area contributed by atoms with Crippen LogP contribution in [0, 0.1) is 5.82 Å². The predicted octanol–water partition coefficient (Wildman–Crippen LogP) is 3.02. The summed E-state index contributed by atoms with van der Waals surface area (Å²) in [5.41, 5.74) is 2.72. The summed E-state index contributed by atoms with van der Waals surface area (Å²) in [4.78, 5) is 16.5. The fraction of sp³-hybridized carbons (Fsp3) is 0.333. The van der Waals surface area contributed by atoms with Crippen molar-refractivity contribution in [1.82, 2.24) is 10.6 Å². The van der Waals surface area contributed by atoms with Crippen LogP contribution in [0.25, 0.3) is 0 Å². The third kappa shape index (κ3) is 4.79. The summed E-state index contributed by atoms with van der Waals surface area (Å²) in [5.74, 6) is 0.514. The van der Waals surface area contributed by atoms with Crippen molar-refractivity contribution in [3.05, 3.63) is 59.4 Å². The second kappa shape index (κ2) is 9.21. The smallest absolute Gasteiger partial charge is 0.225 e. The maximum atomic E-state index is 13.8. The Labute approximate surface area is 164 Å². The Morgan fingerprint density at radius 1 is 1.29 bits per heavy atom. The normalized spacial score (nSPS) is 16.2. The Balaban J connectivity index is 1.67. The number of halogens is 1. The van der Waals surface area contributed by atoms with Crippen LogP contribution in [0.4, 0.5) is 10.1 Å². The van der Waals surface area contributed by atoms with E-state index in [0.717, 1.165) is 16.8 Å². The van der Waals surface area contributed by atoms with E-state index < -0.39 is 5.82 Å². The highest BCUT2D eigenvalue weighted by molar-refractivity contribution is 5.94. The lowest BCUT2D eigenvalue weighted by molar-refractivity contribution is -0.116. The lowest BCUT2D eigenvalue weighted by Crippen LogP contribution is -2.40. The molecule has 6 nitrogen and oxygen atoms in total. The van der Waals surface area contributed by atoms with Gasteiger partial charge < -0.3 is 20.7 Å². The summed E-state index contributed by atoms with van der Waals surface area (Å²) in [5, 5.41) is 9.39. The molecule has 3 rings (SSSR count). The van der Waals surface area contributed by atoms with E-state index in [1.54, 1.807) is 12.1 Å². The minimum absolute atomic E-state index is 0.0150. The first-order valence-electron chi connectivity index (χ1n) is 9.34. The molecule has 0 saturated heterocycles. The topological polar surface area (TPSA) is 74.8 Å². The highest BCUT2D eigenvalue weighted by Crippen LogP contribution is 2.31. The highest BCUT2D eigenvalue weighted by atomic mass is 19.1. The molecule has 0 aromatic heterocycles. The zero-order chi connectivity index (χ0) is 19.9. The Hall–Kier alpha value is -3.09. The summed E-state index contributed by atoms with van der Waals surface area (Å²) in [6, 6.07) is 12.6. The van der Waals surface area contributed by atoms with Crippen molar-refractivity contribution in [1.29, 1.82) is 0 Å². The van der Waals surface area contributed by atoms with E-state index in [9.17, 15) is 9.18 Å². The highest BCUT2D eigenvalue weighted by Gasteiger charge is 2.24. The van der Waals surface area contributed by atoms with Crippen LogP contribution in [0.3, 0.4) is 0 Å². The first-order valence-corrected chi connectivity index (χ1v) is 9.34. The lowest BCUT2D eigenvalue weighted by atomic mass is 9.90. The molecule has 0 spiro atoms. The number of para-hydroxylation sites is 1. The van der Waals surface area contributed by atoms with E-state index in [1.165, 1.54) is 13.2 Å². The third-order valence-electron chi connectivity index (χ3n) is 4.60. The van der Waals surface area contributed by atoms with Crippen molar-refractivity contribution in [2.24, 2.45) is 4.99 Å². The largest absolute Gasteiger partial charge is 0.494 e. The number of methoxy groups -OCH3 is 1. The number of rotatable bonds is 6. The number of carbonyl (C=O) groups is 1. The van der Waals surface area contributed by atoms with E-state index in [2.05, 4.69) is 20.9 Å². The zero-order valence-corrected chi connectivity index (χ0v) is 16.1. The van der Waals surface area contributed by atoms with Crippen LogP contribution < -0.4 is 20.7 Å². The van der Waals surface area contributed by atoms with Gasteiger partial charge in [0.1, 0.15) is 0 Å². The van der Waals surface area contributed by atoms with Gasteiger partial charge in [-0.2, -0.15) is 0 Å². The molecule has 0 bridgehead atoms. The van der Waals surface area contributed by atoms with Crippen LogP contribution in [-0.2, 0) is 11.3 Å². The molecular formula is C21H25FN4O2. The van der Waals surface area contributed by atoms with Gasteiger partial charge in [0.15, 0.2) is 17.5 Å². The minimum atomic E-state index is -0.405. The summed E-state index contributed by atoms with van der Waals surface area (Å²) in [7, 11) is 1.44. The van der Waals surface area contributed by atoms with E-state index in [4.69, 9.17) is 4.74 Å². The molecule has 0 aliphatic carbocycles.